The molecule has 1 rings (SSSR count). The molecule has 0 fully saturated rings. The van der Waals surface area contributed by atoms with Crippen molar-refractivity contribution in [3.63, 3.8) is 0 Å². The van der Waals surface area contributed by atoms with E-state index < -0.39 is 11.0 Å². The van der Waals surface area contributed by atoms with Gasteiger partial charge in [-0.2, -0.15) is 9.35 Å². The molecule has 15 heavy (non-hydrogen) atoms. The number of thiol groups is 1. The van der Waals surface area contributed by atoms with Gasteiger partial charge in [-0.3, -0.25) is 0 Å². The van der Waals surface area contributed by atoms with Crippen LogP contribution >= 0.6 is 0 Å². The van der Waals surface area contributed by atoms with E-state index in [4.69, 9.17) is 4.74 Å². The zero-order valence-corrected chi connectivity index (χ0v) is 9.44. The monoisotopic (exact) mass is 231 g/mol. The van der Waals surface area contributed by atoms with Gasteiger partial charge in [0.05, 0.1) is 13.7 Å². The van der Waals surface area contributed by atoms with Crippen LogP contribution in [0.5, 0.6) is 5.75 Å². The van der Waals surface area contributed by atoms with Gasteiger partial charge < -0.3 is 4.74 Å². The molecule has 0 bridgehead atoms. The molecule has 0 atom stereocenters. The number of ether oxygens (including phenoxy) is 1. The molecule has 1 aromatic carbocycles. The molecule has 0 radical (unpaired) electrons. The molecule has 0 spiro atoms. The first-order chi connectivity index (χ1) is 7.11. The smallest absolute Gasteiger partial charge is 0.273 e. The second-order valence-electron chi connectivity index (χ2n) is 2.94. The predicted octanol–water partition coefficient (Wildman–Crippen LogP) is 0.585. The van der Waals surface area contributed by atoms with E-state index in [1.54, 1.807) is 26.3 Å². The van der Waals surface area contributed by atoms with Crippen LogP contribution in [0, 0.1) is 0 Å². The molecule has 0 aromatic heterocycles. The van der Waals surface area contributed by atoms with Gasteiger partial charge in [0, 0.05) is 7.05 Å². The van der Waals surface area contributed by atoms with Gasteiger partial charge in [-0.1, -0.05) is 12.1 Å². The molecule has 84 valence electrons. The Balaban J connectivity index is 2.56. The summed E-state index contributed by atoms with van der Waals surface area (Å²) in [4.78, 5) is 0. The Kier molecular flexibility index (Phi) is 4.54. The summed E-state index contributed by atoms with van der Waals surface area (Å²) >= 11 is 0. The Bertz CT molecular complexity index is 366. The summed E-state index contributed by atoms with van der Waals surface area (Å²) in [6, 6.07) is 7.30. The van der Waals surface area contributed by atoms with Crippen LogP contribution in [0.2, 0.25) is 0 Å². The lowest BCUT2D eigenvalue weighted by molar-refractivity contribution is -0.0271. The molecule has 1 aromatic rings. The lowest BCUT2D eigenvalue weighted by Gasteiger charge is -2.11. The van der Waals surface area contributed by atoms with Crippen molar-refractivity contribution >= 4 is 11.0 Å². The van der Waals surface area contributed by atoms with Crippen LogP contribution < -0.4 is 4.74 Å². The maximum absolute atomic E-state index is 10.3. The molecule has 5 nitrogen and oxygen atoms in total. The van der Waals surface area contributed by atoms with Crippen LogP contribution in [0.1, 0.15) is 5.56 Å². The highest BCUT2D eigenvalue weighted by Gasteiger charge is 2.01. The highest BCUT2D eigenvalue weighted by atomic mass is 32.2. The quantitative estimate of drug-likeness (QED) is 0.593. The fourth-order valence-corrected chi connectivity index (χ4v) is 1.42. The summed E-state index contributed by atoms with van der Waals surface area (Å²) in [5, 5.41) is 1.24. The molecule has 0 saturated heterocycles. The van der Waals surface area contributed by atoms with Gasteiger partial charge in [-0.05, 0) is 17.7 Å². The van der Waals surface area contributed by atoms with E-state index in [0.717, 1.165) is 11.3 Å². The van der Waals surface area contributed by atoms with E-state index >= 15 is 0 Å². The highest BCUT2D eigenvalue weighted by molar-refractivity contribution is 7.67. The van der Waals surface area contributed by atoms with Crippen molar-refractivity contribution in [2.75, 3.05) is 14.2 Å². The second kappa shape index (κ2) is 5.69. The lowest BCUT2D eigenvalue weighted by Crippen LogP contribution is -2.17. The maximum atomic E-state index is 10.3. The average Bonchev–Trinajstić information content (AvgIpc) is 2.17. The van der Waals surface area contributed by atoms with Gasteiger partial charge in [0.15, 0.2) is 0 Å². The van der Waals surface area contributed by atoms with Crippen molar-refractivity contribution < 1.29 is 17.4 Å². The fourth-order valence-electron chi connectivity index (χ4n) is 1.13. The number of nitrogens with zero attached hydrogens (tertiary/aromatic N) is 1. The minimum atomic E-state index is -2.84. The van der Waals surface area contributed by atoms with Crippen molar-refractivity contribution in [1.82, 2.24) is 5.06 Å². The van der Waals surface area contributed by atoms with E-state index in [1.807, 2.05) is 12.1 Å². The van der Waals surface area contributed by atoms with Crippen molar-refractivity contribution in [1.29, 1.82) is 0 Å². The summed E-state index contributed by atoms with van der Waals surface area (Å²) in [6.45, 7) is 0.396. The summed E-state index contributed by atoms with van der Waals surface area (Å²) in [5.74, 6) is 0.761. The Labute approximate surface area is 90.3 Å². The standard InChI is InChI=1S/C9H13NO4S/c1-10(14-15(11)12)7-8-3-5-9(13-2)6-4-8/h3-6,15H,7H2,1-2H3. The molecular weight excluding hydrogens is 218 g/mol. The van der Waals surface area contributed by atoms with Crippen molar-refractivity contribution in [2.24, 2.45) is 0 Å². The van der Waals surface area contributed by atoms with E-state index in [-0.39, 0.29) is 0 Å². The zero-order valence-electron chi connectivity index (χ0n) is 8.54. The van der Waals surface area contributed by atoms with Gasteiger partial charge in [-0.15, -0.1) is 0 Å². The third-order valence-corrected chi connectivity index (χ3v) is 2.18. The number of hydrogen-bond acceptors (Lipinski definition) is 5. The van der Waals surface area contributed by atoms with Gasteiger partial charge >= 0.3 is 0 Å². The number of rotatable bonds is 5. The zero-order chi connectivity index (χ0) is 11.3. The predicted molar refractivity (Wildman–Crippen MR) is 55.9 cm³/mol. The molecule has 0 unspecified atom stereocenters. The summed E-state index contributed by atoms with van der Waals surface area (Å²) in [6.07, 6.45) is 0. The first kappa shape index (κ1) is 12.0. The SMILES string of the molecule is COc1ccc(CN(C)O[SH](=O)=O)cc1. The topological polar surface area (TPSA) is 55.8 Å². The minimum absolute atomic E-state index is 0.396. The van der Waals surface area contributed by atoms with Crippen molar-refractivity contribution in [3.05, 3.63) is 29.8 Å². The Morgan fingerprint density at radius 1 is 1.27 bits per heavy atom. The van der Waals surface area contributed by atoms with Crippen LogP contribution in [0.4, 0.5) is 0 Å². The van der Waals surface area contributed by atoms with Gasteiger partial charge in [0.1, 0.15) is 5.75 Å². The fraction of sp³-hybridized carbons (Fsp3) is 0.333. The third-order valence-electron chi connectivity index (χ3n) is 1.77. The molecule has 0 N–H and O–H groups in total. The largest absolute Gasteiger partial charge is 0.497 e. The van der Waals surface area contributed by atoms with Crippen LogP contribution in [0.15, 0.2) is 24.3 Å². The summed E-state index contributed by atoms with van der Waals surface area (Å²) < 4.78 is 30.0. The van der Waals surface area contributed by atoms with E-state index in [1.165, 1.54) is 5.06 Å². The number of hydrogen-bond donors (Lipinski definition) is 1. The normalized spacial score (nSPS) is 10.9. The van der Waals surface area contributed by atoms with Crippen LogP contribution in [0.25, 0.3) is 0 Å². The molecule has 0 saturated carbocycles. The Morgan fingerprint density at radius 3 is 2.33 bits per heavy atom. The van der Waals surface area contributed by atoms with E-state index in [2.05, 4.69) is 4.28 Å². The number of benzene rings is 1. The maximum Gasteiger partial charge on any atom is 0.273 e. The lowest BCUT2D eigenvalue weighted by atomic mass is 10.2. The average molecular weight is 231 g/mol. The minimum Gasteiger partial charge on any atom is -0.497 e. The third kappa shape index (κ3) is 4.28. The Morgan fingerprint density at radius 2 is 1.87 bits per heavy atom. The second-order valence-corrected chi connectivity index (χ2v) is 3.55. The summed E-state index contributed by atoms with van der Waals surface area (Å²) in [7, 11) is 0.296. The number of hydroxylamine groups is 2. The number of methoxy groups -OCH3 is 1. The molecule has 0 aliphatic carbocycles. The first-order valence-corrected chi connectivity index (χ1v) is 5.38. The van der Waals surface area contributed by atoms with E-state index in [9.17, 15) is 8.42 Å². The van der Waals surface area contributed by atoms with Gasteiger partial charge in [0.25, 0.3) is 11.0 Å². The molecule has 0 aliphatic heterocycles. The van der Waals surface area contributed by atoms with Crippen molar-refractivity contribution in [3.8, 4) is 5.75 Å². The van der Waals surface area contributed by atoms with Crippen LogP contribution in [-0.2, 0) is 21.8 Å². The van der Waals surface area contributed by atoms with Gasteiger partial charge in [-0.25, -0.2) is 8.42 Å². The van der Waals surface area contributed by atoms with Crippen LogP contribution in [0.3, 0.4) is 0 Å². The molecule has 0 amide bonds. The van der Waals surface area contributed by atoms with Crippen LogP contribution in [-0.4, -0.2) is 27.6 Å². The molecule has 0 heterocycles. The molecule has 0 aliphatic rings. The van der Waals surface area contributed by atoms with Gasteiger partial charge in [0.2, 0.25) is 0 Å². The van der Waals surface area contributed by atoms with Crippen molar-refractivity contribution in [2.45, 2.75) is 6.54 Å². The molecular formula is C9H13NO4S. The van der Waals surface area contributed by atoms with E-state index in [0.29, 0.717) is 6.54 Å². The first-order valence-electron chi connectivity index (χ1n) is 4.28. The summed E-state index contributed by atoms with van der Waals surface area (Å²) in [5.41, 5.74) is 0.940. The highest BCUT2D eigenvalue weighted by Crippen LogP contribution is 2.12. The Hall–Kier alpha value is -1.11. The molecule has 6 heteroatoms.